The molecule has 53 heavy (non-hydrogen) atoms. The molecule has 244 valence electrons. The first-order chi connectivity index (χ1) is 26.3. The lowest BCUT2D eigenvalue weighted by molar-refractivity contribution is 0.673. The third kappa shape index (κ3) is 3.60. The molecule has 2 aliphatic rings. The molecule has 5 heteroatoms. The molecule has 0 saturated heterocycles. The molecule has 0 unspecified atom stereocenters. The van der Waals surface area contributed by atoms with Crippen molar-refractivity contribution in [3.8, 4) is 21.6 Å². The van der Waals surface area contributed by atoms with Gasteiger partial charge in [0.1, 0.15) is 11.2 Å². The molecule has 0 atom stereocenters. The molecule has 0 radical (unpaired) electrons. The van der Waals surface area contributed by atoms with Gasteiger partial charge in [0.15, 0.2) is 0 Å². The Bertz CT molecular complexity index is 3370. The number of nitrogens with zero attached hydrogens (tertiary/aromatic N) is 2. The molecule has 3 nitrogen and oxygen atoms in total. The summed E-state index contributed by atoms with van der Waals surface area (Å²) in [5.74, 6) is 0. The van der Waals surface area contributed by atoms with Gasteiger partial charge in [-0.2, -0.15) is 0 Å². The standard InChI is InChI=1S/C48H27BN2OS/c1-2-10-28(11-3-1)32-20-22-39-37(25-32)43-46-38(26-36-35-16-8-9-17-42(35)52-47(36)43)48-45-41(27-53-48)50(33-21-18-29-12-4-5-14-31(29)24-33)40-23-19-30-13-6-7-15-34(30)44(40)49(45)51(39)46/h1-27H. The van der Waals surface area contributed by atoms with Crippen LogP contribution in [-0.4, -0.2) is 11.3 Å². The number of anilines is 3. The summed E-state index contributed by atoms with van der Waals surface area (Å²) in [5, 5.41) is 12.2. The molecular formula is C48H27BN2OS. The minimum absolute atomic E-state index is 0.0269. The first-order valence-electron chi connectivity index (χ1n) is 18.2. The zero-order valence-corrected chi connectivity index (χ0v) is 29.2. The lowest BCUT2D eigenvalue weighted by Gasteiger charge is -2.38. The highest BCUT2D eigenvalue weighted by molar-refractivity contribution is 7.17. The fraction of sp³-hybridized carbons (Fsp3) is 0. The average Bonchev–Trinajstić information content (AvgIpc) is 3.92. The van der Waals surface area contributed by atoms with Crippen molar-refractivity contribution in [2.24, 2.45) is 0 Å². The molecule has 2 aliphatic heterocycles. The second-order valence-corrected chi connectivity index (χ2v) is 15.3. The van der Waals surface area contributed by atoms with Gasteiger partial charge < -0.3 is 13.8 Å². The maximum Gasteiger partial charge on any atom is 0.334 e. The van der Waals surface area contributed by atoms with E-state index in [4.69, 9.17) is 4.42 Å². The van der Waals surface area contributed by atoms with Gasteiger partial charge in [-0.15, -0.1) is 11.3 Å². The largest absolute Gasteiger partial charge is 0.455 e. The molecule has 0 saturated carbocycles. The van der Waals surface area contributed by atoms with Crippen LogP contribution in [0.5, 0.6) is 0 Å². The van der Waals surface area contributed by atoms with Crippen LogP contribution in [0.1, 0.15) is 0 Å². The molecule has 8 aromatic carbocycles. The summed E-state index contributed by atoms with van der Waals surface area (Å²) in [4.78, 5) is 3.86. The second-order valence-electron chi connectivity index (χ2n) is 14.4. The van der Waals surface area contributed by atoms with Gasteiger partial charge in [-0.3, -0.25) is 0 Å². The lowest BCUT2D eigenvalue weighted by Crippen LogP contribution is -2.56. The van der Waals surface area contributed by atoms with E-state index < -0.39 is 0 Å². The monoisotopic (exact) mass is 690 g/mol. The van der Waals surface area contributed by atoms with Crippen molar-refractivity contribution in [1.82, 2.24) is 4.48 Å². The van der Waals surface area contributed by atoms with Crippen molar-refractivity contribution >= 4 is 111 Å². The van der Waals surface area contributed by atoms with E-state index in [1.165, 1.54) is 98.3 Å². The molecule has 0 bridgehead atoms. The van der Waals surface area contributed by atoms with E-state index >= 15 is 0 Å². The van der Waals surface area contributed by atoms with Gasteiger partial charge in [0, 0.05) is 48.9 Å². The van der Waals surface area contributed by atoms with Crippen LogP contribution in [0.3, 0.4) is 0 Å². The Labute approximate surface area is 308 Å². The van der Waals surface area contributed by atoms with Gasteiger partial charge >= 0.3 is 6.85 Å². The van der Waals surface area contributed by atoms with E-state index in [-0.39, 0.29) is 6.85 Å². The molecule has 0 N–H and O–H groups in total. The van der Waals surface area contributed by atoms with Gasteiger partial charge in [-0.25, -0.2) is 0 Å². The Balaban J connectivity index is 1.21. The normalized spacial score (nSPS) is 13.2. The number of para-hydroxylation sites is 1. The summed E-state index contributed by atoms with van der Waals surface area (Å²) >= 11 is 1.88. The van der Waals surface area contributed by atoms with Gasteiger partial charge in [0.2, 0.25) is 0 Å². The number of rotatable bonds is 2. The molecule has 0 amide bonds. The van der Waals surface area contributed by atoms with Crippen molar-refractivity contribution in [2.75, 3.05) is 4.90 Å². The van der Waals surface area contributed by atoms with Crippen molar-refractivity contribution in [3.63, 3.8) is 0 Å². The van der Waals surface area contributed by atoms with Crippen molar-refractivity contribution in [3.05, 3.63) is 163 Å². The number of aromatic nitrogens is 1. The van der Waals surface area contributed by atoms with Crippen LogP contribution in [0.4, 0.5) is 17.1 Å². The average molecular weight is 691 g/mol. The third-order valence-electron chi connectivity index (χ3n) is 11.8. The summed E-state index contributed by atoms with van der Waals surface area (Å²) in [7, 11) is 0. The van der Waals surface area contributed by atoms with Crippen LogP contribution in [-0.2, 0) is 0 Å². The highest BCUT2D eigenvalue weighted by atomic mass is 32.1. The van der Waals surface area contributed by atoms with E-state index in [0.29, 0.717) is 0 Å². The fourth-order valence-electron chi connectivity index (χ4n) is 9.56. The van der Waals surface area contributed by atoms with E-state index in [0.717, 1.165) is 16.6 Å². The Hall–Kier alpha value is -6.56. The van der Waals surface area contributed by atoms with E-state index in [2.05, 4.69) is 172 Å². The van der Waals surface area contributed by atoms with Gasteiger partial charge in [0.05, 0.1) is 16.6 Å². The van der Waals surface area contributed by atoms with Crippen LogP contribution in [0.2, 0.25) is 0 Å². The maximum absolute atomic E-state index is 6.86. The van der Waals surface area contributed by atoms with Crippen LogP contribution >= 0.6 is 11.3 Å². The number of fused-ring (bicyclic) bond motifs is 14. The maximum atomic E-state index is 6.86. The van der Waals surface area contributed by atoms with E-state index in [1.807, 2.05) is 11.3 Å². The Morgan fingerprint density at radius 3 is 2.21 bits per heavy atom. The summed E-state index contributed by atoms with van der Waals surface area (Å²) in [6.45, 7) is -0.0269. The highest BCUT2D eigenvalue weighted by Crippen LogP contribution is 2.51. The molecule has 11 aromatic rings. The smallest absolute Gasteiger partial charge is 0.334 e. The Morgan fingerprint density at radius 1 is 0.528 bits per heavy atom. The highest BCUT2D eigenvalue weighted by Gasteiger charge is 2.45. The number of hydrogen-bond acceptors (Lipinski definition) is 3. The summed E-state index contributed by atoms with van der Waals surface area (Å²) in [6.07, 6.45) is 0. The molecule has 5 heterocycles. The summed E-state index contributed by atoms with van der Waals surface area (Å²) in [6, 6.07) is 57.8. The molecule has 0 spiro atoms. The Kier molecular flexibility index (Phi) is 5.33. The number of hydrogen-bond donors (Lipinski definition) is 0. The van der Waals surface area contributed by atoms with Crippen LogP contribution in [0.15, 0.2) is 168 Å². The molecule has 0 aliphatic carbocycles. The SMILES string of the molecule is c1ccc(-c2ccc3c(c2)c2c4oc5ccccc5c4cc4c2n3B2c3c(csc3-4)N(c3ccc4ccccc4c3)c3ccc4ccccc4c32)cc1. The molecule has 13 rings (SSSR count). The molecular weight excluding hydrogens is 663 g/mol. The zero-order chi connectivity index (χ0) is 34.4. The van der Waals surface area contributed by atoms with Crippen molar-refractivity contribution in [1.29, 1.82) is 0 Å². The Morgan fingerprint density at radius 2 is 1.30 bits per heavy atom. The summed E-state index contributed by atoms with van der Waals surface area (Å²) < 4.78 is 9.52. The van der Waals surface area contributed by atoms with E-state index in [9.17, 15) is 0 Å². The molecule has 0 fully saturated rings. The minimum atomic E-state index is -0.0269. The predicted molar refractivity (Wildman–Crippen MR) is 226 cm³/mol. The van der Waals surface area contributed by atoms with Crippen molar-refractivity contribution < 1.29 is 4.42 Å². The second kappa shape index (κ2) is 10.1. The number of furan rings is 1. The topological polar surface area (TPSA) is 21.3 Å². The van der Waals surface area contributed by atoms with Gasteiger partial charge in [-0.05, 0) is 86.1 Å². The number of thiophene rings is 1. The lowest BCUT2D eigenvalue weighted by atomic mass is 9.45. The predicted octanol–water partition coefficient (Wildman–Crippen LogP) is 12.1. The van der Waals surface area contributed by atoms with Crippen LogP contribution < -0.4 is 15.8 Å². The zero-order valence-electron chi connectivity index (χ0n) is 28.4. The third-order valence-corrected chi connectivity index (χ3v) is 12.8. The van der Waals surface area contributed by atoms with Crippen LogP contribution in [0.25, 0.3) is 86.9 Å². The quantitative estimate of drug-likeness (QED) is 0.168. The minimum Gasteiger partial charge on any atom is -0.455 e. The first kappa shape index (κ1) is 28.1. The van der Waals surface area contributed by atoms with Crippen molar-refractivity contribution in [2.45, 2.75) is 0 Å². The first-order valence-corrected chi connectivity index (χ1v) is 19.1. The summed E-state index contributed by atoms with van der Waals surface area (Å²) in [5.41, 5.74) is 14.4. The number of benzene rings is 8. The van der Waals surface area contributed by atoms with Gasteiger partial charge in [0.25, 0.3) is 0 Å². The fourth-order valence-corrected chi connectivity index (χ4v) is 10.7. The van der Waals surface area contributed by atoms with Gasteiger partial charge in [-0.1, -0.05) is 115 Å². The van der Waals surface area contributed by atoms with Crippen LogP contribution in [0, 0.1) is 0 Å². The molecule has 3 aromatic heterocycles. The van der Waals surface area contributed by atoms with E-state index in [1.54, 1.807) is 0 Å².